The largest absolute Gasteiger partial charge is 0.491 e. The van der Waals surface area contributed by atoms with Gasteiger partial charge >= 0.3 is 0 Å². The fourth-order valence-electron chi connectivity index (χ4n) is 1.25. The highest BCUT2D eigenvalue weighted by atomic mass is 35.5. The molecule has 0 N–H and O–H groups in total. The van der Waals surface area contributed by atoms with E-state index in [1.165, 1.54) is 19.3 Å². The van der Waals surface area contributed by atoms with Crippen LogP contribution in [-0.4, -0.2) is 6.61 Å². The first kappa shape index (κ1) is 12.7. The van der Waals surface area contributed by atoms with Crippen molar-refractivity contribution in [2.45, 2.75) is 32.6 Å². The average molecular weight is 246 g/mol. The van der Waals surface area contributed by atoms with E-state index < -0.39 is 0 Å². The molecule has 0 unspecified atom stereocenters. The summed E-state index contributed by atoms with van der Waals surface area (Å²) in [5.74, 6) is 0.595. The van der Waals surface area contributed by atoms with Gasteiger partial charge in [-0.1, -0.05) is 49.4 Å². The second kappa shape index (κ2) is 6.97. The Morgan fingerprint density at radius 2 is 2.07 bits per heavy atom. The van der Waals surface area contributed by atoms with Gasteiger partial charge in [0.2, 0.25) is 0 Å². The van der Waals surface area contributed by atoms with Crippen LogP contribution >= 0.6 is 23.2 Å². The molecule has 1 aromatic carbocycles. The van der Waals surface area contributed by atoms with Gasteiger partial charge in [0.25, 0.3) is 0 Å². The first-order valence-electron chi connectivity index (χ1n) is 5.23. The zero-order valence-electron chi connectivity index (χ0n) is 8.85. The summed E-state index contributed by atoms with van der Waals surface area (Å²) >= 11 is 11.7. The Morgan fingerprint density at radius 1 is 1.27 bits per heavy atom. The van der Waals surface area contributed by atoms with E-state index in [1.54, 1.807) is 12.1 Å². The zero-order valence-corrected chi connectivity index (χ0v) is 10.4. The van der Waals surface area contributed by atoms with E-state index in [0.717, 1.165) is 6.42 Å². The summed E-state index contributed by atoms with van der Waals surface area (Å²) in [6.45, 7) is 2.88. The molecule has 0 fully saturated rings. The molecule has 1 rings (SSSR count). The molecule has 0 bridgehead atoms. The normalized spacial score (nSPS) is 10.3. The van der Waals surface area contributed by atoms with Crippen LogP contribution in [-0.2, 0) is 0 Å². The van der Waals surface area contributed by atoms with E-state index in [1.807, 2.05) is 0 Å². The van der Waals surface area contributed by atoms with Crippen LogP contribution in [0, 0.1) is 6.07 Å². The molecule has 83 valence electrons. The van der Waals surface area contributed by atoms with E-state index >= 15 is 0 Å². The number of hydrogen-bond acceptors (Lipinski definition) is 1. The van der Waals surface area contributed by atoms with Crippen LogP contribution in [0.3, 0.4) is 0 Å². The molecule has 3 heteroatoms. The molecule has 0 spiro atoms. The lowest BCUT2D eigenvalue weighted by atomic mass is 10.2. The van der Waals surface area contributed by atoms with Crippen LogP contribution < -0.4 is 4.74 Å². The molecule has 0 heterocycles. The first-order chi connectivity index (χ1) is 7.24. The Balaban J connectivity index is 2.31. The van der Waals surface area contributed by atoms with E-state index in [-0.39, 0.29) is 0 Å². The molecular formula is C12H15Cl2O. The molecule has 0 aliphatic rings. The van der Waals surface area contributed by atoms with Crippen molar-refractivity contribution < 1.29 is 4.74 Å². The number of benzene rings is 1. The monoisotopic (exact) mass is 245 g/mol. The summed E-state index contributed by atoms with van der Waals surface area (Å²) in [5, 5.41) is 1.11. The number of unbranched alkanes of at least 4 members (excludes halogenated alkanes) is 3. The van der Waals surface area contributed by atoms with Crippen LogP contribution in [0.15, 0.2) is 12.1 Å². The Labute approximate surface area is 101 Å². The lowest BCUT2D eigenvalue weighted by Crippen LogP contribution is -1.97. The van der Waals surface area contributed by atoms with Gasteiger partial charge in [-0.25, -0.2) is 0 Å². The quantitative estimate of drug-likeness (QED) is 0.658. The maximum absolute atomic E-state index is 5.93. The van der Waals surface area contributed by atoms with E-state index in [0.29, 0.717) is 22.4 Å². The summed E-state index contributed by atoms with van der Waals surface area (Å²) in [5.41, 5.74) is 0. The van der Waals surface area contributed by atoms with Crippen LogP contribution in [0.4, 0.5) is 0 Å². The standard InChI is InChI=1S/C12H15Cl2O/c1-2-3-4-5-8-15-12-7-6-10(13)9-11(12)14/h6,9H,2-5,8H2,1H3. The van der Waals surface area contributed by atoms with Gasteiger partial charge in [0, 0.05) is 11.1 Å². The van der Waals surface area contributed by atoms with E-state index in [2.05, 4.69) is 13.0 Å². The van der Waals surface area contributed by atoms with Gasteiger partial charge in [-0.3, -0.25) is 0 Å². The lowest BCUT2D eigenvalue weighted by Gasteiger charge is -2.07. The third-order valence-corrected chi connectivity index (χ3v) is 2.57. The van der Waals surface area contributed by atoms with Gasteiger partial charge in [0.15, 0.2) is 0 Å². The highest BCUT2D eigenvalue weighted by Gasteiger charge is 2.02. The predicted molar refractivity (Wildman–Crippen MR) is 64.9 cm³/mol. The number of hydrogen-bond donors (Lipinski definition) is 0. The molecular weight excluding hydrogens is 231 g/mol. The lowest BCUT2D eigenvalue weighted by molar-refractivity contribution is 0.304. The van der Waals surface area contributed by atoms with E-state index in [9.17, 15) is 0 Å². The van der Waals surface area contributed by atoms with Gasteiger partial charge in [0.1, 0.15) is 5.75 Å². The summed E-state index contributed by atoms with van der Waals surface area (Å²) in [4.78, 5) is 0. The summed E-state index contributed by atoms with van der Waals surface area (Å²) in [7, 11) is 0. The number of halogens is 2. The van der Waals surface area contributed by atoms with Gasteiger partial charge in [-0.15, -0.1) is 0 Å². The van der Waals surface area contributed by atoms with Crippen molar-refractivity contribution in [2.24, 2.45) is 0 Å². The van der Waals surface area contributed by atoms with Gasteiger partial charge in [-0.05, 0) is 18.6 Å². The topological polar surface area (TPSA) is 9.23 Å². The smallest absolute Gasteiger partial charge is 0.145 e. The molecule has 0 aromatic heterocycles. The molecule has 0 saturated heterocycles. The minimum Gasteiger partial charge on any atom is -0.491 e. The molecule has 1 radical (unpaired) electrons. The van der Waals surface area contributed by atoms with Crippen molar-refractivity contribution >= 4 is 23.2 Å². The second-order valence-corrected chi connectivity index (χ2v) is 4.25. The second-order valence-electron chi connectivity index (χ2n) is 3.40. The van der Waals surface area contributed by atoms with Crippen molar-refractivity contribution in [1.29, 1.82) is 0 Å². The maximum atomic E-state index is 5.93. The zero-order chi connectivity index (χ0) is 11.1. The Hall–Kier alpha value is -0.400. The summed E-state index contributed by atoms with van der Waals surface area (Å²) < 4.78 is 5.49. The molecule has 0 amide bonds. The fraction of sp³-hybridized carbons (Fsp3) is 0.500. The predicted octanol–water partition coefficient (Wildman–Crippen LogP) is 4.75. The Bertz CT molecular complexity index is 300. The van der Waals surface area contributed by atoms with Crippen molar-refractivity contribution in [3.8, 4) is 5.75 Å². The molecule has 0 aliphatic carbocycles. The average Bonchev–Trinajstić information content (AvgIpc) is 2.20. The Morgan fingerprint density at radius 3 is 2.73 bits per heavy atom. The minimum atomic E-state index is 0.526. The fourth-order valence-corrected chi connectivity index (χ4v) is 1.69. The third-order valence-electron chi connectivity index (χ3n) is 2.07. The summed E-state index contributed by atoms with van der Waals surface area (Å²) in [6, 6.07) is 6.24. The van der Waals surface area contributed by atoms with Crippen LogP contribution in [0.1, 0.15) is 32.6 Å². The molecule has 0 aliphatic heterocycles. The number of rotatable bonds is 6. The van der Waals surface area contributed by atoms with Crippen molar-refractivity contribution in [1.82, 2.24) is 0 Å². The van der Waals surface area contributed by atoms with Crippen molar-refractivity contribution in [3.63, 3.8) is 0 Å². The SMILES string of the molecule is CCCCCCOc1[c]cc(Cl)cc1Cl. The van der Waals surface area contributed by atoms with Crippen molar-refractivity contribution in [3.05, 3.63) is 28.2 Å². The highest BCUT2D eigenvalue weighted by molar-refractivity contribution is 6.35. The summed E-state index contributed by atoms with van der Waals surface area (Å²) in [6.07, 6.45) is 4.73. The highest BCUT2D eigenvalue weighted by Crippen LogP contribution is 2.26. The van der Waals surface area contributed by atoms with E-state index in [4.69, 9.17) is 27.9 Å². The maximum Gasteiger partial charge on any atom is 0.145 e. The minimum absolute atomic E-state index is 0.526. The first-order valence-corrected chi connectivity index (χ1v) is 5.99. The molecule has 1 aromatic rings. The van der Waals surface area contributed by atoms with Crippen LogP contribution in [0.25, 0.3) is 0 Å². The van der Waals surface area contributed by atoms with Crippen molar-refractivity contribution in [2.75, 3.05) is 6.61 Å². The van der Waals surface area contributed by atoms with Crippen LogP contribution in [0.2, 0.25) is 10.0 Å². The third kappa shape index (κ3) is 4.76. The molecule has 15 heavy (non-hydrogen) atoms. The molecule has 1 nitrogen and oxygen atoms in total. The van der Waals surface area contributed by atoms with Gasteiger partial charge in [0.05, 0.1) is 11.6 Å². The van der Waals surface area contributed by atoms with Gasteiger partial charge in [-0.2, -0.15) is 0 Å². The molecule has 0 atom stereocenters. The van der Waals surface area contributed by atoms with Crippen LogP contribution in [0.5, 0.6) is 5.75 Å². The molecule has 0 saturated carbocycles. The Kier molecular flexibility index (Phi) is 5.89. The van der Waals surface area contributed by atoms with Gasteiger partial charge < -0.3 is 4.74 Å². The number of ether oxygens (including phenoxy) is 1.